The molecule has 0 saturated heterocycles. The van der Waals surface area contributed by atoms with E-state index in [1.54, 1.807) is 12.1 Å². The summed E-state index contributed by atoms with van der Waals surface area (Å²) in [5, 5.41) is 14.8. The van der Waals surface area contributed by atoms with Crippen LogP contribution in [-0.4, -0.2) is 22.1 Å². The van der Waals surface area contributed by atoms with Gasteiger partial charge < -0.3 is 10.4 Å². The number of amides is 1. The lowest BCUT2D eigenvalue weighted by atomic mass is 10.2. The van der Waals surface area contributed by atoms with Crippen LogP contribution in [0.3, 0.4) is 0 Å². The van der Waals surface area contributed by atoms with Gasteiger partial charge in [-0.05, 0) is 48.6 Å². The molecule has 0 aliphatic heterocycles. The van der Waals surface area contributed by atoms with Crippen LogP contribution in [0.2, 0.25) is 10.0 Å². The molecule has 0 atom stereocenters. The van der Waals surface area contributed by atoms with Crippen molar-refractivity contribution in [3.05, 3.63) is 63.6 Å². The summed E-state index contributed by atoms with van der Waals surface area (Å²) < 4.78 is 0. The van der Waals surface area contributed by atoms with Gasteiger partial charge in [0.15, 0.2) is 5.11 Å². The minimum absolute atomic E-state index is 0.0311. The molecule has 8 heteroatoms. The first-order chi connectivity index (χ1) is 10.9. The van der Waals surface area contributed by atoms with Crippen LogP contribution in [0.15, 0.2) is 42.5 Å². The zero-order chi connectivity index (χ0) is 17.0. The molecule has 0 unspecified atom stereocenters. The molecular formula is C15H10Cl2N2O3S. The number of carbonyl (C=O) groups is 2. The number of carboxylic acids is 1. The summed E-state index contributed by atoms with van der Waals surface area (Å²) in [7, 11) is 0. The Hall–Kier alpha value is -2.15. The molecule has 5 nitrogen and oxygen atoms in total. The summed E-state index contributed by atoms with van der Waals surface area (Å²) in [4.78, 5) is 23.0. The summed E-state index contributed by atoms with van der Waals surface area (Å²) in [6, 6.07) is 10.5. The predicted molar refractivity (Wildman–Crippen MR) is 93.6 cm³/mol. The first kappa shape index (κ1) is 17.2. The number of benzene rings is 2. The second-order valence-electron chi connectivity index (χ2n) is 4.42. The van der Waals surface area contributed by atoms with Crippen molar-refractivity contribution in [2.45, 2.75) is 0 Å². The van der Waals surface area contributed by atoms with Crippen LogP contribution in [0, 0.1) is 0 Å². The third-order valence-electron chi connectivity index (χ3n) is 2.78. The lowest BCUT2D eigenvalue weighted by Crippen LogP contribution is -2.34. The first-order valence-electron chi connectivity index (χ1n) is 6.27. The molecule has 3 N–H and O–H groups in total. The van der Waals surface area contributed by atoms with E-state index in [1.807, 2.05) is 0 Å². The van der Waals surface area contributed by atoms with Crippen molar-refractivity contribution in [1.82, 2.24) is 5.32 Å². The molecule has 1 amide bonds. The van der Waals surface area contributed by atoms with Gasteiger partial charge in [0.2, 0.25) is 0 Å². The minimum Gasteiger partial charge on any atom is -0.478 e. The average molecular weight is 369 g/mol. The highest BCUT2D eigenvalue weighted by molar-refractivity contribution is 7.80. The van der Waals surface area contributed by atoms with E-state index in [4.69, 9.17) is 40.5 Å². The molecule has 0 aromatic heterocycles. The lowest BCUT2D eigenvalue weighted by molar-refractivity contribution is 0.0696. The highest BCUT2D eigenvalue weighted by atomic mass is 35.5. The lowest BCUT2D eigenvalue weighted by Gasteiger charge is -2.10. The summed E-state index contributed by atoms with van der Waals surface area (Å²) >= 11 is 16.7. The van der Waals surface area contributed by atoms with Crippen LogP contribution in [0.5, 0.6) is 0 Å². The Balaban J connectivity index is 2.04. The summed E-state index contributed by atoms with van der Waals surface area (Å²) in [5.41, 5.74) is 0.848. The Bertz CT molecular complexity index is 796. The average Bonchev–Trinajstić information content (AvgIpc) is 2.50. The predicted octanol–water partition coefficient (Wildman–Crippen LogP) is 3.82. The number of thiocarbonyl (C=S) groups is 1. The molecule has 0 aliphatic rings. The van der Waals surface area contributed by atoms with Crippen molar-refractivity contribution in [3.8, 4) is 0 Å². The first-order valence-corrected chi connectivity index (χ1v) is 7.44. The molecule has 2 aromatic carbocycles. The topological polar surface area (TPSA) is 78.4 Å². The fourth-order valence-electron chi connectivity index (χ4n) is 1.70. The van der Waals surface area contributed by atoms with Crippen LogP contribution < -0.4 is 10.6 Å². The van der Waals surface area contributed by atoms with E-state index in [0.29, 0.717) is 16.3 Å². The van der Waals surface area contributed by atoms with Gasteiger partial charge >= 0.3 is 5.97 Å². The largest absolute Gasteiger partial charge is 0.478 e. The number of aromatic carboxylic acids is 1. The molecule has 118 valence electrons. The van der Waals surface area contributed by atoms with E-state index in [0.717, 1.165) is 0 Å². The van der Waals surface area contributed by atoms with Gasteiger partial charge in [0, 0.05) is 11.3 Å². The van der Waals surface area contributed by atoms with Crippen molar-refractivity contribution in [2.24, 2.45) is 0 Å². The minimum atomic E-state index is -1.06. The number of rotatable bonds is 3. The zero-order valence-corrected chi connectivity index (χ0v) is 13.8. The second kappa shape index (κ2) is 7.41. The standard InChI is InChI=1S/C15H10Cl2N2O3S/c16-11-5-4-8(7-12(11)17)13(20)19-15(23)18-10-3-1-2-9(6-10)14(21)22/h1-7H,(H,21,22)(H2,18,19,20,23). The van der Waals surface area contributed by atoms with Crippen molar-refractivity contribution in [1.29, 1.82) is 0 Å². The summed E-state index contributed by atoms with van der Waals surface area (Å²) in [6.07, 6.45) is 0. The monoisotopic (exact) mass is 368 g/mol. The smallest absolute Gasteiger partial charge is 0.335 e. The molecular weight excluding hydrogens is 359 g/mol. The Labute approximate surface area is 147 Å². The Kier molecular flexibility index (Phi) is 5.54. The highest BCUT2D eigenvalue weighted by Crippen LogP contribution is 2.22. The molecule has 23 heavy (non-hydrogen) atoms. The van der Waals surface area contributed by atoms with E-state index in [1.165, 1.54) is 30.3 Å². The normalized spacial score (nSPS) is 10.0. The van der Waals surface area contributed by atoms with Gasteiger partial charge in [-0.15, -0.1) is 0 Å². The maximum Gasteiger partial charge on any atom is 0.335 e. The third kappa shape index (κ3) is 4.66. The van der Waals surface area contributed by atoms with E-state index >= 15 is 0 Å². The van der Waals surface area contributed by atoms with Crippen molar-refractivity contribution >= 4 is 58.1 Å². The Morgan fingerprint density at radius 1 is 1.00 bits per heavy atom. The molecule has 0 heterocycles. The van der Waals surface area contributed by atoms with Crippen molar-refractivity contribution < 1.29 is 14.7 Å². The van der Waals surface area contributed by atoms with E-state index < -0.39 is 11.9 Å². The maximum absolute atomic E-state index is 12.0. The van der Waals surface area contributed by atoms with Crippen molar-refractivity contribution in [2.75, 3.05) is 5.32 Å². The van der Waals surface area contributed by atoms with Gasteiger partial charge in [-0.1, -0.05) is 29.3 Å². The van der Waals surface area contributed by atoms with Crippen LogP contribution in [0.1, 0.15) is 20.7 Å². The molecule has 2 aromatic rings. The van der Waals surface area contributed by atoms with Gasteiger partial charge in [0.25, 0.3) is 5.91 Å². The van der Waals surface area contributed by atoms with E-state index in [2.05, 4.69) is 10.6 Å². The number of carboxylic acid groups (broad SMARTS) is 1. The third-order valence-corrected chi connectivity index (χ3v) is 3.72. The highest BCUT2D eigenvalue weighted by Gasteiger charge is 2.10. The molecule has 0 radical (unpaired) electrons. The van der Waals surface area contributed by atoms with E-state index in [9.17, 15) is 9.59 Å². The maximum atomic E-state index is 12.0. The van der Waals surface area contributed by atoms with Gasteiger partial charge in [0.1, 0.15) is 0 Å². The molecule has 0 fully saturated rings. The summed E-state index contributed by atoms with van der Waals surface area (Å²) in [6.45, 7) is 0. The number of nitrogens with one attached hydrogen (secondary N) is 2. The van der Waals surface area contributed by atoms with Crippen LogP contribution in [-0.2, 0) is 0 Å². The number of carbonyl (C=O) groups excluding carboxylic acids is 1. The second-order valence-corrected chi connectivity index (χ2v) is 5.65. The zero-order valence-electron chi connectivity index (χ0n) is 11.5. The van der Waals surface area contributed by atoms with Gasteiger partial charge in [0.05, 0.1) is 15.6 Å². The SMILES string of the molecule is O=C(O)c1cccc(NC(=S)NC(=O)c2ccc(Cl)c(Cl)c2)c1. The van der Waals surface area contributed by atoms with Crippen LogP contribution in [0.4, 0.5) is 5.69 Å². The molecule has 0 saturated carbocycles. The molecule has 0 aliphatic carbocycles. The van der Waals surface area contributed by atoms with E-state index in [-0.39, 0.29) is 15.7 Å². The van der Waals surface area contributed by atoms with Gasteiger partial charge in [-0.3, -0.25) is 10.1 Å². The van der Waals surface area contributed by atoms with Gasteiger partial charge in [-0.25, -0.2) is 4.79 Å². The van der Waals surface area contributed by atoms with Gasteiger partial charge in [-0.2, -0.15) is 0 Å². The Morgan fingerprint density at radius 3 is 2.39 bits per heavy atom. The number of anilines is 1. The fourth-order valence-corrected chi connectivity index (χ4v) is 2.21. The molecule has 0 bridgehead atoms. The van der Waals surface area contributed by atoms with Crippen LogP contribution >= 0.6 is 35.4 Å². The number of hydrogen-bond acceptors (Lipinski definition) is 3. The van der Waals surface area contributed by atoms with Crippen molar-refractivity contribution in [3.63, 3.8) is 0 Å². The number of halogens is 2. The fraction of sp³-hybridized carbons (Fsp3) is 0. The van der Waals surface area contributed by atoms with Crippen LogP contribution in [0.25, 0.3) is 0 Å². The molecule has 0 spiro atoms. The number of hydrogen-bond donors (Lipinski definition) is 3. The Morgan fingerprint density at radius 2 is 1.74 bits per heavy atom. The quantitative estimate of drug-likeness (QED) is 0.717. The molecule has 2 rings (SSSR count). The summed E-state index contributed by atoms with van der Waals surface area (Å²) in [5.74, 6) is -1.52.